The first kappa shape index (κ1) is 15.9. The van der Waals surface area contributed by atoms with Gasteiger partial charge in [-0.25, -0.2) is 0 Å². The summed E-state index contributed by atoms with van der Waals surface area (Å²) in [4.78, 5) is 28.0. The van der Waals surface area contributed by atoms with Crippen LogP contribution in [0.4, 0.5) is 5.69 Å². The third-order valence-corrected chi connectivity index (χ3v) is 5.74. The van der Waals surface area contributed by atoms with Crippen LogP contribution in [0.15, 0.2) is 18.2 Å². The van der Waals surface area contributed by atoms with Crippen molar-refractivity contribution in [1.82, 2.24) is 15.5 Å². The number of hydrogen-bond acceptors (Lipinski definition) is 6. The molecule has 0 aromatic heterocycles. The van der Waals surface area contributed by atoms with Crippen LogP contribution in [0, 0.1) is 0 Å². The van der Waals surface area contributed by atoms with Crippen LogP contribution in [0.1, 0.15) is 29.3 Å². The topological polar surface area (TPSA) is 64.7 Å². The smallest absolute Gasteiger partial charge is 0.243 e. The summed E-state index contributed by atoms with van der Waals surface area (Å²) in [5.74, 6) is -0.370. The van der Waals surface area contributed by atoms with Crippen molar-refractivity contribution in [3.05, 3.63) is 29.3 Å². The molecular weight excluding hydrogens is 324 g/mol. The van der Waals surface area contributed by atoms with Crippen molar-refractivity contribution in [2.75, 3.05) is 31.1 Å². The Labute approximate surface area is 147 Å². The minimum absolute atomic E-state index is 0.0963. The van der Waals surface area contributed by atoms with E-state index in [-0.39, 0.29) is 23.2 Å². The first-order valence-corrected chi connectivity index (χ1v) is 9.01. The van der Waals surface area contributed by atoms with E-state index in [4.69, 9.17) is 12.6 Å². The van der Waals surface area contributed by atoms with Crippen molar-refractivity contribution in [1.29, 1.82) is 0 Å². The van der Waals surface area contributed by atoms with E-state index in [0.29, 0.717) is 19.4 Å². The van der Waals surface area contributed by atoms with Gasteiger partial charge in [0.15, 0.2) is 0 Å². The molecule has 2 fully saturated rings. The lowest BCUT2D eigenvalue weighted by atomic mass is 10.0. The van der Waals surface area contributed by atoms with E-state index in [1.54, 1.807) is 0 Å². The number of nitrogens with zero attached hydrogens (tertiary/aromatic N) is 2. The molecule has 1 aromatic rings. The van der Waals surface area contributed by atoms with Crippen LogP contribution < -0.4 is 15.5 Å². The fourth-order valence-corrected chi connectivity index (χ4v) is 4.34. The van der Waals surface area contributed by atoms with Crippen molar-refractivity contribution in [2.24, 2.45) is 0 Å². The van der Waals surface area contributed by atoms with Crippen LogP contribution in [-0.2, 0) is 16.1 Å². The molecule has 2 unspecified atom stereocenters. The molecule has 3 aliphatic rings. The summed E-state index contributed by atoms with van der Waals surface area (Å²) in [6, 6.07) is 6.24. The van der Waals surface area contributed by atoms with Gasteiger partial charge >= 0.3 is 0 Å². The van der Waals surface area contributed by atoms with E-state index in [0.717, 1.165) is 26.2 Å². The van der Waals surface area contributed by atoms with Crippen molar-refractivity contribution in [2.45, 2.75) is 30.8 Å². The van der Waals surface area contributed by atoms with Gasteiger partial charge < -0.3 is 10.2 Å². The molecule has 1 aromatic carbocycles. The number of carbonyl (C=O) groups excluding carboxylic acids is 2. The monoisotopic (exact) mass is 346 g/mol. The van der Waals surface area contributed by atoms with E-state index in [1.807, 2.05) is 0 Å². The van der Waals surface area contributed by atoms with E-state index in [1.165, 1.54) is 16.8 Å². The van der Waals surface area contributed by atoms with Gasteiger partial charge in [0.1, 0.15) is 0 Å². The number of thiol groups is 1. The molecule has 2 N–H and O–H groups in total. The number of carbonyl (C=O) groups is 2. The van der Waals surface area contributed by atoms with Crippen molar-refractivity contribution in [3.63, 3.8) is 0 Å². The average molecular weight is 346 g/mol. The normalized spacial score (nSPS) is 28.0. The van der Waals surface area contributed by atoms with Crippen molar-refractivity contribution < 1.29 is 9.59 Å². The number of imide groups is 1. The molecule has 24 heavy (non-hydrogen) atoms. The zero-order chi connectivity index (χ0) is 16.7. The second-order valence-corrected chi connectivity index (χ2v) is 7.12. The number of rotatable bonds is 2. The highest BCUT2D eigenvalue weighted by Crippen LogP contribution is 2.40. The molecule has 2 saturated heterocycles. The fraction of sp³-hybridized carbons (Fsp3) is 0.529. The standard InChI is InChI=1S/C17H22N4O2S/c22-15-4-3-14(16(23)19-15)21-10-11-9-12(1-2-13(11)17(21)24)20-7-5-18-6-8-20/h1-2,9,14,17-18,24H,3-8,10H2,(H,19,22,23). The Morgan fingerprint density at radius 1 is 1.17 bits per heavy atom. The Morgan fingerprint density at radius 3 is 2.71 bits per heavy atom. The van der Waals surface area contributed by atoms with Gasteiger partial charge in [0, 0.05) is 44.8 Å². The number of nitrogens with one attached hydrogen (secondary N) is 2. The van der Waals surface area contributed by atoms with E-state index in [9.17, 15) is 9.59 Å². The highest BCUT2D eigenvalue weighted by Gasteiger charge is 2.39. The molecule has 6 nitrogen and oxygen atoms in total. The molecule has 0 aliphatic carbocycles. The number of fused-ring (bicyclic) bond motifs is 1. The summed E-state index contributed by atoms with van der Waals surface area (Å²) in [6.07, 6.45) is 0.968. The quantitative estimate of drug-likeness (QED) is 0.542. The van der Waals surface area contributed by atoms with Crippen molar-refractivity contribution >= 4 is 30.1 Å². The van der Waals surface area contributed by atoms with E-state index < -0.39 is 0 Å². The summed E-state index contributed by atoms with van der Waals surface area (Å²) < 4.78 is 0. The number of hydrogen-bond donors (Lipinski definition) is 3. The maximum absolute atomic E-state index is 12.2. The average Bonchev–Trinajstić information content (AvgIpc) is 2.92. The lowest BCUT2D eigenvalue weighted by Crippen LogP contribution is -2.51. The minimum atomic E-state index is -0.278. The fourth-order valence-electron chi connectivity index (χ4n) is 3.84. The molecule has 2 atom stereocenters. The lowest BCUT2D eigenvalue weighted by Gasteiger charge is -2.32. The predicted molar refractivity (Wildman–Crippen MR) is 95.0 cm³/mol. The summed E-state index contributed by atoms with van der Waals surface area (Å²) in [7, 11) is 0. The second-order valence-electron chi connectivity index (χ2n) is 6.63. The van der Waals surface area contributed by atoms with Gasteiger partial charge in [0.25, 0.3) is 0 Å². The minimum Gasteiger partial charge on any atom is -0.369 e. The molecule has 3 heterocycles. The van der Waals surface area contributed by atoms with Gasteiger partial charge in [-0.1, -0.05) is 6.07 Å². The number of piperazine rings is 1. The molecule has 0 radical (unpaired) electrons. The van der Waals surface area contributed by atoms with Gasteiger partial charge in [0.05, 0.1) is 11.4 Å². The molecular formula is C17H22N4O2S. The summed E-state index contributed by atoms with van der Waals surface area (Å²) in [5, 5.41) is 5.72. The van der Waals surface area contributed by atoms with Gasteiger partial charge in [-0.15, -0.1) is 0 Å². The summed E-state index contributed by atoms with van der Waals surface area (Å²) in [6.45, 7) is 4.75. The van der Waals surface area contributed by atoms with Crippen LogP contribution in [0.3, 0.4) is 0 Å². The van der Waals surface area contributed by atoms with Gasteiger partial charge in [-0.05, 0) is 29.7 Å². The molecule has 0 spiro atoms. The molecule has 128 valence electrons. The molecule has 0 bridgehead atoms. The first-order chi connectivity index (χ1) is 11.6. The summed E-state index contributed by atoms with van der Waals surface area (Å²) >= 11 is 4.74. The maximum atomic E-state index is 12.2. The molecule has 3 aliphatic heterocycles. The number of piperidine rings is 1. The van der Waals surface area contributed by atoms with Crippen molar-refractivity contribution in [3.8, 4) is 0 Å². The third kappa shape index (κ3) is 2.81. The summed E-state index contributed by atoms with van der Waals surface area (Å²) in [5.41, 5.74) is 3.64. The SMILES string of the molecule is O=C1CCC(N2Cc3cc(N4CCNCC4)ccc3C2S)C(=O)N1. The molecule has 0 saturated carbocycles. The highest BCUT2D eigenvalue weighted by molar-refractivity contribution is 7.80. The predicted octanol–water partition coefficient (Wildman–Crippen LogP) is 0.645. The Balaban J connectivity index is 1.54. The lowest BCUT2D eigenvalue weighted by molar-refractivity contribution is -0.137. The number of anilines is 1. The highest BCUT2D eigenvalue weighted by atomic mass is 32.1. The first-order valence-electron chi connectivity index (χ1n) is 8.49. The largest absolute Gasteiger partial charge is 0.369 e. The maximum Gasteiger partial charge on any atom is 0.243 e. The van der Waals surface area contributed by atoms with E-state index >= 15 is 0 Å². The van der Waals surface area contributed by atoms with Gasteiger partial charge in [-0.3, -0.25) is 19.8 Å². The molecule has 7 heteroatoms. The Morgan fingerprint density at radius 2 is 1.96 bits per heavy atom. The van der Waals surface area contributed by atoms with Crippen LogP contribution in [0.5, 0.6) is 0 Å². The number of benzene rings is 1. The van der Waals surface area contributed by atoms with Gasteiger partial charge in [-0.2, -0.15) is 12.6 Å². The van der Waals surface area contributed by atoms with Crippen LogP contribution >= 0.6 is 12.6 Å². The second kappa shape index (κ2) is 6.38. The zero-order valence-electron chi connectivity index (χ0n) is 13.5. The third-order valence-electron chi connectivity index (χ3n) is 5.16. The Bertz CT molecular complexity index is 675. The Hall–Kier alpha value is -1.57. The van der Waals surface area contributed by atoms with Crippen LogP contribution in [-0.4, -0.2) is 48.9 Å². The van der Waals surface area contributed by atoms with Crippen LogP contribution in [0.25, 0.3) is 0 Å². The van der Waals surface area contributed by atoms with Crippen LogP contribution in [0.2, 0.25) is 0 Å². The number of amides is 2. The molecule has 2 amide bonds. The van der Waals surface area contributed by atoms with Gasteiger partial charge in [0.2, 0.25) is 11.8 Å². The molecule has 4 rings (SSSR count). The zero-order valence-corrected chi connectivity index (χ0v) is 14.4. The van der Waals surface area contributed by atoms with E-state index in [2.05, 4.69) is 38.6 Å². The Kier molecular flexibility index (Phi) is 4.24.